The van der Waals surface area contributed by atoms with E-state index in [2.05, 4.69) is 23.9 Å². The Hall–Kier alpha value is -0.410. The molecule has 0 radical (unpaired) electrons. The predicted molar refractivity (Wildman–Crippen MR) is 60.6 cm³/mol. The molecule has 0 N–H and O–H groups in total. The Labute approximate surface area is 88.1 Å². The largest absolute Gasteiger partial charge is 0.309 e. The number of carbonyl (C=O) groups excluding carboxylic acids is 1. The third-order valence-corrected chi connectivity index (χ3v) is 2.12. The van der Waals surface area contributed by atoms with Crippen LogP contribution in [0.15, 0.2) is 0 Å². The molecular formula is C11H24N2O. The van der Waals surface area contributed by atoms with E-state index < -0.39 is 0 Å². The number of carbonyl (C=O) groups is 1. The molecule has 0 spiro atoms. The van der Waals surface area contributed by atoms with Crippen molar-refractivity contribution in [2.24, 2.45) is 0 Å². The first kappa shape index (κ1) is 13.6. The first-order valence-electron chi connectivity index (χ1n) is 5.41. The Morgan fingerprint density at radius 3 is 2.29 bits per heavy atom. The average Bonchev–Trinajstić information content (AvgIpc) is 2.03. The number of nitrogens with zero attached hydrogens (tertiary/aromatic N) is 2. The zero-order chi connectivity index (χ0) is 11.0. The fourth-order valence-electron chi connectivity index (χ4n) is 1.39. The molecule has 0 unspecified atom stereocenters. The molecule has 0 aliphatic carbocycles. The zero-order valence-corrected chi connectivity index (χ0v) is 10.0. The molecule has 0 heterocycles. The lowest BCUT2D eigenvalue weighted by Gasteiger charge is -2.17. The molecule has 0 rings (SSSR count). The maximum atomic E-state index is 11.3. The van der Waals surface area contributed by atoms with Gasteiger partial charge in [0.2, 0.25) is 0 Å². The quantitative estimate of drug-likeness (QED) is 0.589. The fraction of sp³-hybridized carbons (Fsp3) is 0.909. The highest BCUT2D eigenvalue weighted by Gasteiger charge is 2.04. The first-order chi connectivity index (χ1) is 6.56. The van der Waals surface area contributed by atoms with Crippen LogP contribution in [0.5, 0.6) is 0 Å². The van der Waals surface area contributed by atoms with Gasteiger partial charge in [-0.2, -0.15) is 0 Å². The molecule has 0 saturated heterocycles. The number of ketones is 1. The summed E-state index contributed by atoms with van der Waals surface area (Å²) in [4.78, 5) is 15.6. The minimum Gasteiger partial charge on any atom is -0.309 e. The minimum atomic E-state index is 0.361. The van der Waals surface area contributed by atoms with Crippen LogP contribution < -0.4 is 0 Å². The lowest BCUT2D eigenvalue weighted by molar-refractivity contribution is -0.119. The van der Waals surface area contributed by atoms with Crippen LogP contribution in [-0.2, 0) is 4.79 Å². The van der Waals surface area contributed by atoms with Crippen molar-refractivity contribution < 1.29 is 4.79 Å². The molecule has 0 fully saturated rings. The smallest absolute Gasteiger partial charge is 0.146 e. The van der Waals surface area contributed by atoms with Gasteiger partial charge in [0.25, 0.3) is 0 Å². The van der Waals surface area contributed by atoms with Gasteiger partial charge >= 0.3 is 0 Å². The van der Waals surface area contributed by atoms with E-state index in [9.17, 15) is 4.79 Å². The third-order valence-electron chi connectivity index (χ3n) is 2.12. The van der Waals surface area contributed by atoms with Crippen molar-refractivity contribution in [3.63, 3.8) is 0 Å². The van der Waals surface area contributed by atoms with Crippen molar-refractivity contribution >= 4 is 5.78 Å². The van der Waals surface area contributed by atoms with Gasteiger partial charge < -0.3 is 4.90 Å². The van der Waals surface area contributed by atoms with Crippen LogP contribution in [0.4, 0.5) is 0 Å². The summed E-state index contributed by atoms with van der Waals surface area (Å²) in [6.07, 6.45) is 2.81. The second-order valence-electron chi connectivity index (χ2n) is 4.18. The molecule has 84 valence electrons. The van der Waals surface area contributed by atoms with Crippen LogP contribution in [-0.4, -0.2) is 56.4 Å². The van der Waals surface area contributed by atoms with Crippen molar-refractivity contribution in [2.45, 2.75) is 26.2 Å². The maximum Gasteiger partial charge on any atom is 0.146 e. The molecule has 0 aliphatic heterocycles. The highest BCUT2D eigenvalue weighted by Crippen LogP contribution is 1.94. The lowest BCUT2D eigenvalue weighted by atomic mass is 10.2. The second kappa shape index (κ2) is 7.94. The topological polar surface area (TPSA) is 23.6 Å². The summed E-state index contributed by atoms with van der Waals surface area (Å²) in [5.74, 6) is 0.361. The lowest BCUT2D eigenvalue weighted by Crippen LogP contribution is -2.28. The minimum absolute atomic E-state index is 0.361. The number of likely N-dealkylation sites (N-methyl/N-ethyl adjacent to an activating group) is 1. The summed E-state index contributed by atoms with van der Waals surface area (Å²) >= 11 is 0. The normalized spacial score (nSPS) is 11.3. The van der Waals surface area contributed by atoms with Crippen molar-refractivity contribution in [1.82, 2.24) is 9.80 Å². The molecule has 3 heteroatoms. The Bertz CT molecular complexity index is 157. The molecule has 0 aromatic heterocycles. The molecular weight excluding hydrogens is 176 g/mol. The van der Waals surface area contributed by atoms with Gasteiger partial charge in [-0.1, -0.05) is 6.92 Å². The van der Waals surface area contributed by atoms with Gasteiger partial charge in [-0.05, 0) is 47.1 Å². The van der Waals surface area contributed by atoms with Gasteiger partial charge in [-0.15, -0.1) is 0 Å². The fourth-order valence-corrected chi connectivity index (χ4v) is 1.39. The van der Waals surface area contributed by atoms with Gasteiger partial charge in [0.1, 0.15) is 5.78 Å². The van der Waals surface area contributed by atoms with E-state index in [1.54, 1.807) is 0 Å². The highest BCUT2D eigenvalue weighted by molar-refractivity contribution is 5.80. The first-order valence-corrected chi connectivity index (χ1v) is 5.41. The van der Waals surface area contributed by atoms with Crippen molar-refractivity contribution in [1.29, 1.82) is 0 Å². The van der Waals surface area contributed by atoms with E-state index in [0.29, 0.717) is 12.3 Å². The average molecular weight is 200 g/mol. The maximum absolute atomic E-state index is 11.3. The van der Waals surface area contributed by atoms with Crippen LogP contribution in [0.25, 0.3) is 0 Å². The highest BCUT2D eigenvalue weighted by atomic mass is 16.1. The summed E-state index contributed by atoms with van der Waals surface area (Å²) in [7, 11) is 6.16. The van der Waals surface area contributed by atoms with Crippen LogP contribution in [0.3, 0.4) is 0 Å². The molecule has 0 aromatic rings. The van der Waals surface area contributed by atoms with E-state index >= 15 is 0 Å². The number of hydrogen-bond acceptors (Lipinski definition) is 3. The van der Waals surface area contributed by atoms with Gasteiger partial charge in [0.05, 0.1) is 6.54 Å². The Morgan fingerprint density at radius 1 is 1.14 bits per heavy atom. The summed E-state index contributed by atoms with van der Waals surface area (Å²) in [6.45, 7) is 4.76. The van der Waals surface area contributed by atoms with Gasteiger partial charge in [0, 0.05) is 6.42 Å². The van der Waals surface area contributed by atoms with E-state index in [1.807, 2.05) is 14.0 Å². The molecule has 0 amide bonds. The Kier molecular flexibility index (Phi) is 7.71. The van der Waals surface area contributed by atoms with E-state index in [1.165, 1.54) is 0 Å². The van der Waals surface area contributed by atoms with E-state index in [-0.39, 0.29) is 0 Å². The molecule has 0 aromatic carbocycles. The standard InChI is InChI=1S/C11H24N2O/c1-5-7-11(14)10-13(4)9-6-8-12(2)3/h5-10H2,1-4H3. The van der Waals surface area contributed by atoms with Crippen molar-refractivity contribution in [3.8, 4) is 0 Å². The molecule has 0 aliphatic rings. The summed E-state index contributed by atoms with van der Waals surface area (Å²) in [5.41, 5.74) is 0. The zero-order valence-electron chi connectivity index (χ0n) is 10.0. The van der Waals surface area contributed by atoms with Gasteiger partial charge in [-0.3, -0.25) is 9.69 Å². The number of hydrogen-bond donors (Lipinski definition) is 0. The number of rotatable bonds is 8. The van der Waals surface area contributed by atoms with Crippen LogP contribution in [0.1, 0.15) is 26.2 Å². The molecule has 0 atom stereocenters. The molecule has 0 saturated carbocycles. The molecule has 0 bridgehead atoms. The second-order valence-corrected chi connectivity index (χ2v) is 4.18. The molecule has 14 heavy (non-hydrogen) atoms. The summed E-state index contributed by atoms with van der Waals surface area (Å²) < 4.78 is 0. The SMILES string of the molecule is CCCC(=O)CN(C)CCCN(C)C. The Balaban J connectivity index is 3.44. The molecule has 3 nitrogen and oxygen atoms in total. The summed E-state index contributed by atoms with van der Waals surface area (Å²) in [5, 5.41) is 0. The van der Waals surface area contributed by atoms with Crippen LogP contribution >= 0.6 is 0 Å². The van der Waals surface area contributed by atoms with Crippen molar-refractivity contribution in [2.75, 3.05) is 40.8 Å². The van der Waals surface area contributed by atoms with Crippen molar-refractivity contribution in [3.05, 3.63) is 0 Å². The Morgan fingerprint density at radius 2 is 1.79 bits per heavy atom. The van der Waals surface area contributed by atoms with Crippen LogP contribution in [0.2, 0.25) is 0 Å². The van der Waals surface area contributed by atoms with Gasteiger partial charge in [-0.25, -0.2) is 0 Å². The third kappa shape index (κ3) is 8.20. The van der Waals surface area contributed by atoms with Gasteiger partial charge in [0.15, 0.2) is 0 Å². The van der Waals surface area contributed by atoms with E-state index in [4.69, 9.17) is 0 Å². The predicted octanol–water partition coefficient (Wildman–Crippen LogP) is 1.24. The monoisotopic (exact) mass is 200 g/mol. The summed E-state index contributed by atoms with van der Waals surface area (Å²) in [6, 6.07) is 0. The number of Topliss-reactive ketones (excluding diaryl/α,β-unsaturated/α-hetero) is 1. The van der Waals surface area contributed by atoms with E-state index in [0.717, 1.165) is 32.4 Å². The van der Waals surface area contributed by atoms with Crippen LogP contribution in [0, 0.1) is 0 Å².